The fourth-order valence-corrected chi connectivity index (χ4v) is 1.97. The van der Waals surface area contributed by atoms with Gasteiger partial charge in [0.1, 0.15) is 11.9 Å². The predicted octanol–water partition coefficient (Wildman–Crippen LogP) is 2.10. The summed E-state index contributed by atoms with van der Waals surface area (Å²) in [5.74, 6) is -1.35. The van der Waals surface area contributed by atoms with Gasteiger partial charge >= 0.3 is 5.97 Å². The Morgan fingerprint density at radius 1 is 1.62 bits per heavy atom. The van der Waals surface area contributed by atoms with E-state index in [1.165, 1.54) is 0 Å². The van der Waals surface area contributed by atoms with Crippen molar-refractivity contribution in [1.29, 1.82) is 0 Å². The van der Waals surface area contributed by atoms with Crippen molar-refractivity contribution in [3.05, 3.63) is 33.5 Å². The van der Waals surface area contributed by atoms with Gasteiger partial charge in [0, 0.05) is 0 Å². The van der Waals surface area contributed by atoms with Crippen molar-refractivity contribution in [3.63, 3.8) is 0 Å². The number of benzene rings is 1. The summed E-state index contributed by atoms with van der Waals surface area (Å²) in [5, 5.41) is 8.68. The van der Waals surface area contributed by atoms with Crippen molar-refractivity contribution >= 4 is 21.9 Å². The van der Waals surface area contributed by atoms with E-state index in [0.29, 0.717) is 16.5 Å². The fourth-order valence-electron chi connectivity index (χ4n) is 1.42. The second-order valence-electron chi connectivity index (χ2n) is 3.55. The molecule has 3 nitrogen and oxygen atoms in total. The number of carbonyl (C=O) groups is 1. The van der Waals surface area contributed by atoms with Crippen LogP contribution in [0.15, 0.2) is 16.6 Å². The molecule has 0 radical (unpaired) electrons. The first-order valence-corrected chi connectivity index (χ1v) is 5.70. The Labute approximate surface area is 102 Å². The van der Waals surface area contributed by atoms with E-state index in [9.17, 15) is 9.18 Å². The quantitative estimate of drug-likeness (QED) is 0.892. The highest BCUT2D eigenvalue weighted by Crippen LogP contribution is 2.22. The minimum absolute atomic E-state index is 0.196. The first kappa shape index (κ1) is 13.1. The number of nitrogens with two attached hydrogens (primary N) is 1. The summed E-state index contributed by atoms with van der Waals surface area (Å²) in [7, 11) is 0. The average Bonchev–Trinajstić information content (AvgIpc) is 2.22. The lowest BCUT2D eigenvalue weighted by Crippen LogP contribution is -2.32. The lowest BCUT2D eigenvalue weighted by molar-refractivity contribution is -0.138. The smallest absolute Gasteiger partial charge is 0.320 e. The molecule has 1 atom stereocenters. The lowest BCUT2D eigenvalue weighted by Gasteiger charge is -2.10. The number of carboxylic acid groups (broad SMARTS) is 1. The molecule has 0 fully saturated rings. The van der Waals surface area contributed by atoms with Crippen LogP contribution >= 0.6 is 15.9 Å². The van der Waals surface area contributed by atoms with Gasteiger partial charge < -0.3 is 10.8 Å². The summed E-state index contributed by atoms with van der Waals surface area (Å²) in [6.45, 7) is 1.84. The molecule has 0 aliphatic carbocycles. The number of hydrogen-bond donors (Lipinski definition) is 2. The van der Waals surface area contributed by atoms with Gasteiger partial charge in [-0.3, -0.25) is 4.79 Å². The molecule has 0 aliphatic heterocycles. The van der Waals surface area contributed by atoms with E-state index in [4.69, 9.17) is 10.8 Å². The van der Waals surface area contributed by atoms with Crippen LogP contribution in [0.1, 0.15) is 18.1 Å². The van der Waals surface area contributed by atoms with Gasteiger partial charge in [0.2, 0.25) is 0 Å². The number of hydrogen-bond acceptors (Lipinski definition) is 2. The van der Waals surface area contributed by atoms with E-state index in [1.54, 1.807) is 12.1 Å². The van der Waals surface area contributed by atoms with Gasteiger partial charge in [-0.05, 0) is 46.0 Å². The van der Waals surface area contributed by atoms with Crippen LogP contribution in [-0.2, 0) is 17.6 Å². The van der Waals surface area contributed by atoms with Crippen molar-refractivity contribution < 1.29 is 14.3 Å². The SMILES string of the molecule is CCc1cc(CC(N)C(=O)O)cc(Br)c1F. The number of carboxylic acids is 1. The molecule has 1 aromatic rings. The molecule has 16 heavy (non-hydrogen) atoms. The summed E-state index contributed by atoms with van der Waals surface area (Å²) >= 11 is 3.10. The van der Waals surface area contributed by atoms with E-state index in [1.807, 2.05) is 6.92 Å². The van der Waals surface area contributed by atoms with Gasteiger partial charge in [-0.25, -0.2) is 4.39 Å². The number of halogens is 2. The van der Waals surface area contributed by atoms with Crippen molar-refractivity contribution in [2.24, 2.45) is 5.73 Å². The molecule has 0 aliphatic rings. The second kappa shape index (κ2) is 5.41. The molecule has 0 spiro atoms. The molecule has 0 bridgehead atoms. The molecule has 0 heterocycles. The van der Waals surface area contributed by atoms with Crippen LogP contribution in [0, 0.1) is 5.82 Å². The van der Waals surface area contributed by atoms with Gasteiger partial charge in [0.05, 0.1) is 4.47 Å². The van der Waals surface area contributed by atoms with E-state index < -0.39 is 12.0 Å². The van der Waals surface area contributed by atoms with Gasteiger partial charge in [0.25, 0.3) is 0 Å². The zero-order valence-corrected chi connectivity index (χ0v) is 10.4. The molecule has 0 aromatic heterocycles. The molecule has 3 N–H and O–H groups in total. The summed E-state index contributed by atoms with van der Waals surface area (Å²) < 4.78 is 13.8. The third-order valence-electron chi connectivity index (χ3n) is 2.32. The van der Waals surface area contributed by atoms with Crippen LogP contribution in [0.2, 0.25) is 0 Å². The van der Waals surface area contributed by atoms with E-state index in [2.05, 4.69) is 15.9 Å². The Kier molecular flexibility index (Phi) is 4.44. The maximum Gasteiger partial charge on any atom is 0.320 e. The standard InChI is InChI=1S/C11H13BrFNO2/c1-2-7-3-6(4-8(12)10(7)13)5-9(14)11(15)16/h3-4,9H,2,5,14H2,1H3,(H,15,16). The van der Waals surface area contributed by atoms with Crippen LogP contribution in [0.3, 0.4) is 0 Å². The average molecular weight is 290 g/mol. The van der Waals surface area contributed by atoms with Crippen molar-refractivity contribution in [2.75, 3.05) is 0 Å². The predicted molar refractivity (Wildman–Crippen MR) is 62.8 cm³/mol. The van der Waals surface area contributed by atoms with E-state index >= 15 is 0 Å². The molecule has 0 saturated carbocycles. The minimum atomic E-state index is -1.06. The Balaban J connectivity index is 2.98. The molecular weight excluding hydrogens is 277 g/mol. The van der Waals surface area contributed by atoms with Crippen molar-refractivity contribution in [1.82, 2.24) is 0 Å². The number of aliphatic carboxylic acids is 1. The molecule has 0 amide bonds. The van der Waals surface area contributed by atoms with Gasteiger partial charge in [0.15, 0.2) is 0 Å². The third kappa shape index (κ3) is 3.02. The van der Waals surface area contributed by atoms with Gasteiger partial charge in [-0.15, -0.1) is 0 Å². The zero-order chi connectivity index (χ0) is 12.3. The maximum atomic E-state index is 13.5. The third-order valence-corrected chi connectivity index (χ3v) is 2.89. The summed E-state index contributed by atoms with van der Waals surface area (Å²) in [6.07, 6.45) is 0.752. The Hall–Kier alpha value is -0.940. The normalized spacial score (nSPS) is 12.5. The van der Waals surface area contributed by atoms with Crippen molar-refractivity contribution in [2.45, 2.75) is 25.8 Å². The van der Waals surface area contributed by atoms with Crippen LogP contribution in [0.25, 0.3) is 0 Å². The molecule has 1 aromatic carbocycles. The highest BCUT2D eigenvalue weighted by molar-refractivity contribution is 9.10. The Morgan fingerprint density at radius 2 is 2.25 bits per heavy atom. The molecule has 1 unspecified atom stereocenters. The summed E-state index contributed by atoms with van der Waals surface area (Å²) in [6, 6.07) is 2.27. The largest absolute Gasteiger partial charge is 0.480 e. The van der Waals surface area contributed by atoms with Gasteiger partial charge in [-0.1, -0.05) is 13.0 Å². The summed E-state index contributed by atoms with van der Waals surface area (Å²) in [4.78, 5) is 10.6. The molecule has 1 rings (SSSR count). The van der Waals surface area contributed by atoms with Gasteiger partial charge in [-0.2, -0.15) is 0 Å². The highest BCUT2D eigenvalue weighted by Gasteiger charge is 2.14. The molecule has 5 heteroatoms. The molecule has 0 saturated heterocycles. The number of aryl methyl sites for hydroxylation is 1. The fraction of sp³-hybridized carbons (Fsp3) is 0.364. The van der Waals surface area contributed by atoms with Crippen LogP contribution < -0.4 is 5.73 Å². The maximum absolute atomic E-state index is 13.5. The van der Waals surface area contributed by atoms with Crippen LogP contribution in [-0.4, -0.2) is 17.1 Å². The topological polar surface area (TPSA) is 63.3 Å². The Morgan fingerprint density at radius 3 is 2.75 bits per heavy atom. The van der Waals surface area contributed by atoms with Crippen LogP contribution in [0.5, 0.6) is 0 Å². The van der Waals surface area contributed by atoms with E-state index in [-0.39, 0.29) is 12.2 Å². The molecular formula is C11H13BrFNO2. The Bertz CT molecular complexity index is 409. The van der Waals surface area contributed by atoms with Crippen LogP contribution in [0.4, 0.5) is 4.39 Å². The zero-order valence-electron chi connectivity index (χ0n) is 8.84. The van der Waals surface area contributed by atoms with Crippen molar-refractivity contribution in [3.8, 4) is 0 Å². The summed E-state index contributed by atoms with van der Waals surface area (Å²) in [5.41, 5.74) is 6.70. The first-order chi connectivity index (χ1) is 7.45. The minimum Gasteiger partial charge on any atom is -0.480 e. The highest BCUT2D eigenvalue weighted by atomic mass is 79.9. The molecule has 88 valence electrons. The lowest BCUT2D eigenvalue weighted by atomic mass is 10.0. The monoisotopic (exact) mass is 289 g/mol. The van der Waals surface area contributed by atoms with E-state index in [0.717, 1.165) is 5.56 Å². The number of rotatable bonds is 4. The first-order valence-electron chi connectivity index (χ1n) is 4.90. The second-order valence-corrected chi connectivity index (χ2v) is 4.41.